The van der Waals surface area contributed by atoms with E-state index in [4.69, 9.17) is 8.83 Å². The van der Waals surface area contributed by atoms with Crippen molar-refractivity contribution in [3.05, 3.63) is 130 Å². The smallest absolute Gasteiger partial charge is 0.508 e. The lowest BCUT2D eigenvalue weighted by molar-refractivity contribution is -0.0586. The summed E-state index contributed by atoms with van der Waals surface area (Å²) < 4.78 is 183. The Morgan fingerprint density at radius 2 is 0.862 bits per heavy atom. The molecule has 0 radical (unpaired) electrons. The molecule has 0 atom stereocenters. The van der Waals surface area contributed by atoms with Crippen LogP contribution in [0.5, 0.6) is 11.5 Å². The Morgan fingerprint density at radius 1 is 0.483 bits per heavy atom. The molecule has 0 amide bonds. The van der Waals surface area contributed by atoms with Crippen molar-refractivity contribution >= 4 is 52.3 Å². The Bertz CT molecular complexity index is 2850. The van der Waals surface area contributed by atoms with Crippen molar-refractivity contribution < 1.29 is 86.5 Å². The van der Waals surface area contributed by atoms with Crippen LogP contribution in [0.15, 0.2) is 128 Å². The van der Waals surface area contributed by atoms with Gasteiger partial charge in [-0.15, -0.1) is 3.63 Å². The van der Waals surface area contributed by atoms with E-state index in [9.17, 15) is 79.5 Å². The third-order valence-corrected chi connectivity index (χ3v) is 10.4. The van der Waals surface area contributed by atoms with E-state index in [1.165, 1.54) is 18.2 Å². The quantitative estimate of drug-likeness (QED) is 0.0744. The van der Waals surface area contributed by atoms with E-state index in [1.54, 1.807) is 48.5 Å². The summed E-state index contributed by atoms with van der Waals surface area (Å²) in [7, 11) is -19.5. The Hall–Kier alpha value is -5.92. The fourth-order valence-corrected chi connectivity index (χ4v) is 6.26. The van der Waals surface area contributed by atoms with E-state index >= 15 is 0 Å². The van der Waals surface area contributed by atoms with E-state index in [-0.39, 0.29) is 16.9 Å². The second kappa shape index (κ2) is 16.5. The van der Waals surface area contributed by atoms with Gasteiger partial charge in [-0.05, 0) is 47.5 Å². The predicted octanol–water partition coefficient (Wildman–Crippen LogP) is 7.56. The molecule has 6 aromatic rings. The lowest BCUT2D eigenvalue weighted by atomic mass is 10.1. The summed E-state index contributed by atoms with van der Waals surface area (Å²) in [5.41, 5.74) is -16.7. The summed E-state index contributed by atoms with van der Waals surface area (Å²) in [5.74, 6) is -0.529. The van der Waals surface area contributed by atoms with Gasteiger partial charge in [-0.3, -0.25) is 0 Å². The van der Waals surface area contributed by atoms with Crippen molar-refractivity contribution in [2.75, 3.05) is 0 Å². The molecular weight excluding hydrogens is 872 g/mol. The zero-order chi connectivity index (χ0) is 43.5. The van der Waals surface area contributed by atoms with Crippen molar-refractivity contribution in [2.24, 2.45) is 0 Å². The van der Waals surface area contributed by atoms with Crippen LogP contribution in [0.4, 0.5) is 39.5 Å². The summed E-state index contributed by atoms with van der Waals surface area (Å²) in [4.78, 5) is 24.0. The van der Waals surface area contributed by atoms with Crippen molar-refractivity contribution in [3.8, 4) is 33.8 Å². The van der Waals surface area contributed by atoms with Gasteiger partial charge in [0.15, 0.2) is 0 Å². The number of halogens is 9. The van der Waals surface area contributed by atoms with Crippen LogP contribution in [0.3, 0.4) is 0 Å². The van der Waals surface area contributed by atoms with Crippen molar-refractivity contribution in [3.63, 3.8) is 0 Å². The summed E-state index contributed by atoms with van der Waals surface area (Å²) in [6.07, 6.45) is 0. The first-order valence-electron chi connectivity index (χ1n) is 14.9. The van der Waals surface area contributed by atoms with Gasteiger partial charge in [-0.2, -0.15) is 64.8 Å². The van der Waals surface area contributed by atoms with Crippen LogP contribution in [0.2, 0.25) is 0 Å². The monoisotopic (exact) mass is 890 g/mol. The van der Waals surface area contributed by atoms with Gasteiger partial charge in [0, 0.05) is 22.9 Å². The third kappa shape index (κ3) is 10.7. The Morgan fingerprint density at radius 3 is 1.26 bits per heavy atom. The molecule has 25 heteroatoms. The highest BCUT2D eigenvalue weighted by Gasteiger charge is 2.57. The zero-order valence-corrected chi connectivity index (χ0v) is 30.3. The number of alkyl halides is 9. The van der Waals surface area contributed by atoms with Crippen molar-refractivity contribution in [1.29, 1.82) is 0 Å². The molecule has 310 valence electrons. The van der Waals surface area contributed by atoms with Crippen molar-refractivity contribution in [2.45, 2.75) is 16.5 Å². The van der Waals surface area contributed by atoms with Crippen LogP contribution < -0.4 is 15.4 Å². The highest BCUT2D eigenvalue weighted by molar-refractivity contribution is 8.00. The first kappa shape index (κ1) is 44.8. The Labute approximate surface area is 318 Å². The number of aromatic hydroxyl groups is 1. The minimum Gasteiger partial charge on any atom is -0.508 e. The first-order chi connectivity index (χ1) is 26.6. The minimum absolute atomic E-state index is 0.0816. The van der Waals surface area contributed by atoms with Crippen LogP contribution in [0, 0.1) is 0 Å². The molecular formula is C33H19F9O13S3. The molecule has 0 unspecified atom stereocenters. The second-order valence-corrected chi connectivity index (χ2v) is 15.7. The largest absolute Gasteiger partial charge is 0.534 e. The molecule has 4 aromatic carbocycles. The van der Waals surface area contributed by atoms with Gasteiger partial charge >= 0.3 is 58.1 Å². The number of phenolic OH excluding ortho intramolecular Hbond substituents is 1. The van der Waals surface area contributed by atoms with Crippen molar-refractivity contribution in [1.82, 2.24) is 0 Å². The van der Waals surface area contributed by atoms with Crippen LogP contribution in [-0.2, 0) is 34.0 Å². The molecule has 0 fully saturated rings. The number of hydrogen-bond acceptors (Lipinski definition) is 13. The molecule has 0 aliphatic carbocycles. The van der Waals surface area contributed by atoms with Crippen LogP contribution in [0.25, 0.3) is 44.2 Å². The highest BCUT2D eigenvalue weighted by Crippen LogP contribution is 2.33. The molecule has 58 heavy (non-hydrogen) atoms. The fourth-order valence-electron chi connectivity index (χ4n) is 4.25. The SMILES string of the molecule is O=S(=O)(OS(=O)(=O)C(F)(F)F)C(F)(F)F.O=c1oc2cc(O)ccc2cc1-c1ccccc1.O=c1oc2cc(OS(=O)(=O)C(F)(F)F)ccc2cc1-c1ccccc1. The topological polar surface area (TPSA) is 202 Å². The number of fused-ring (bicyclic) bond motifs is 2. The number of phenols is 1. The molecule has 0 aliphatic heterocycles. The van der Waals surface area contributed by atoms with Crippen LogP contribution >= 0.6 is 0 Å². The molecule has 1 N–H and O–H groups in total. The number of hydrogen-bond donors (Lipinski definition) is 1. The average molecular weight is 891 g/mol. The maximum atomic E-state index is 12.4. The molecule has 0 saturated carbocycles. The summed E-state index contributed by atoms with van der Waals surface area (Å²) in [6, 6.07) is 29.2. The third-order valence-electron chi connectivity index (χ3n) is 6.83. The highest BCUT2D eigenvalue weighted by atomic mass is 32.3. The molecule has 13 nitrogen and oxygen atoms in total. The fraction of sp³-hybridized carbons (Fsp3) is 0.0909. The zero-order valence-electron chi connectivity index (χ0n) is 27.9. The number of rotatable bonds is 6. The average Bonchev–Trinajstić information content (AvgIpc) is 3.10. The maximum absolute atomic E-state index is 12.4. The van der Waals surface area contributed by atoms with E-state index in [2.05, 4.69) is 4.18 Å². The van der Waals surface area contributed by atoms with Gasteiger partial charge in [0.1, 0.15) is 22.7 Å². The maximum Gasteiger partial charge on any atom is 0.534 e. The Balaban J connectivity index is 0.000000201. The van der Waals surface area contributed by atoms with Gasteiger partial charge in [0.05, 0.1) is 11.1 Å². The lowest BCUT2D eigenvalue weighted by Gasteiger charge is -2.09. The summed E-state index contributed by atoms with van der Waals surface area (Å²) in [6.45, 7) is 0. The van der Waals surface area contributed by atoms with Gasteiger partial charge < -0.3 is 18.1 Å². The van der Waals surface area contributed by atoms with E-state index in [0.717, 1.165) is 23.1 Å². The van der Waals surface area contributed by atoms with Crippen LogP contribution in [0.1, 0.15) is 0 Å². The van der Waals surface area contributed by atoms with E-state index < -0.39 is 63.9 Å². The number of benzene rings is 4. The molecule has 0 aliphatic rings. The lowest BCUT2D eigenvalue weighted by Crippen LogP contribution is -2.34. The summed E-state index contributed by atoms with van der Waals surface area (Å²) >= 11 is 0. The van der Waals surface area contributed by atoms with Gasteiger partial charge in [0.25, 0.3) is 0 Å². The normalized spacial score (nSPS) is 12.6. The second-order valence-electron chi connectivity index (χ2n) is 10.9. The van der Waals surface area contributed by atoms with E-state index in [0.29, 0.717) is 22.1 Å². The molecule has 6 rings (SSSR count). The standard InChI is InChI=1S/C16H9F3O5S.C15H10O3.C2F6O5S2/c17-16(18,19)25(21,22)24-12-7-6-11-8-13(10-4-2-1-3-5-10)15(20)23-14(11)9-12;16-12-7-6-11-8-13(10-4-2-1-3-5-10)15(17)18-14(11)9-12;3-1(4,5)14(9,10)13-15(11,12)2(6,7)8/h1-9H;1-9,16H;. The van der Waals surface area contributed by atoms with E-state index in [1.807, 2.05) is 34.0 Å². The predicted molar refractivity (Wildman–Crippen MR) is 184 cm³/mol. The summed E-state index contributed by atoms with van der Waals surface area (Å²) in [5, 5.41) is 10.5. The molecule has 0 spiro atoms. The minimum atomic E-state index is -6.85. The molecule has 2 aromatic heterocycles. The van der Waals surface area contributed by atoms with Gasteiger partial charge in [0.2, 0.25) is 0 Å². The van der Waals surface area contributed by atoms with Crippen LogP contribution in [-0.4, -0.2) is 46.9 Å². The molecule has 0 bridgehead atoms. The first-order valence-corrected chi connectivity index (χ1v) is 19.1. The molecule has 0 saturated heterocycles. The van der Waals surface area contributed by atoms with Gasteiger partial charge in [-0.1, -0.05) is 60.7 Å². The van der Waals surface area contributed by atoms with Gasteiger partial charge in [-0.25, -0.2) is 9.59 Å². The molecule has 2 heterocycles. The Kier molecular flexibility index (Phi) is 12.8.